The average Bonchev–Trinajstić information content (AvgIpc) is 2.79. The number of hydrogen-bond acceptors (Lipinski definition) is 3. The molecule has 3 aromatic rings. The van der Waals surface area contributed by atoms with Crippen molar-refractivity contribution in [3.63, 3.8) is 0 Å². The van der Waals surface area contributed by atoms with Crippen molar-refractivity contribution in [3.8, 4) is 5.75 Å². The standard InChI is InChI=1S/C25H26N2O3/c1-2-30-23-16-10-9-15-21(23)25(29)27-18-24(28)26-17-22(19-11-5-3-6-12-19)20-13-7-4-8-14-20/h3-16,22H,2,17-18H2,1H3,(H,26,28)(H,27,29). The first-order valence-electron chi connectivity index (χ1n) is 10.1. The average molecular weight is 402 g/mol. The van der Waals surface area contributed by atoms with E-state index in [1.54, 1.807) is 18.2 Å². The van der Waals surface area contributed by atoms with E-state index in [1.165, 1.54) is 0 Å². The Labute approximate surface area is 177 Å². The summed E-state index contributed by atoms with van der Waals surface area (Å²) in [7, 11) is 0. The summed E-state index contributed by atoms with van der Waals surface area (Å²) in [5.74, 6) is -0.0390. The molecule has 5 nitrogen and oxygen atoms in total. The molecule has 2 amide bonds. The molecule has 0 radical (unpaired) electrons. The van der Waals surface area contributed by atoms with Crippen molar-refractivity contribution in [1.29, 1.82) is 0 Å². The van der Waals surface area contributed by atoms with Crippen molar-refractivity contribution < 1.29 is 14.3 Å². The van der Waals surface area contributed by atoms with Crippen LogP contribution >= 0.6 is 0 Å². The van der Waals surface area contributed by atoms with Gasteiger partial charge < -0.3 is 15.4 Å². The first-order valence-corrected chi connectivity index (χ1v) is 10.1. The quantitative estimate of drug-likeness (QED) is 0.573. The summed E-state index contributed by atoms with van der Waals surface area (Å²) < 4.78 is 5.48. The van der Waals surface area contributed by atoms with Crippen molar-refractivity contribution in [2.45, 2.75) is 12.8 Å². The molecular formula is C25H26N2O3. The van der Waals surface area contributed by atoms with E-state index in [1.807, 2.05) is 49.4 Å². The van der Waals surface area contributed by atoms with Gasteiger partial charge in [0.05, 0.1) is 18.7 Å². The molecule has 0 aromatic heterocycles. The Kier molecular flexibility index (Phi) is 7.61. The molecule has 0 atom stereocenters. The lowest BCUT2D eigenvalue weighted by molar-refractivity contribution is -0.120. The van der Waals surface area contributed by atoms with Crippen LogP contribution in [0.4, 0.5) is 0 Å². The fraction of sp³-hybridized carbons (Fsp3) is 0.200. The highest BCUT2D eigenvalue weighted by atomic mass is 16.5. The van der Waals surface area contributed by atoms with Gasteiger partial charge in [-0.2, -0.15) is 0 Å². The number of amides is 2. The number of rotatable bonds is 9. The van der Waals surface area contributed by atoms with Crippen LogP contribution in [0, 0.1) is 0 Å². The minimum Gasteiger partial charge on any atom is -0.493 e. The number of ether oxygens (including phenoxy) is 1. The third-order valence-electron chi connectivity index (χ3n) is 4.75. The first-order chi connectivity index (χ1) is 14.7. The molecule has 154 valence electrons. The molecule has 0 saturated carbocycles. The first kappa shape index (κ1) is 21.1. The number of nitrogens with one attached hydrogen (secondary N) is 2. The maximum absolute atomic E-state index is 12.5. The van der Waals surface area contributed by atoms with Gasteiger partial charge in [0.2, 0.25) is 5.91 Å². The SMILES string of the molecule is CCOc1ccccc1C(=O)NCC(=O)NCC(c1ccccc1)c1ccccc1. The van der Waals surface area contributed by atoms with Crippen LogP contribution in [-0.4, -0.2) is 31.5 Å². The molecule has 0 unspecified atom stereocenters. The van der Waals surface area contributed by atoms with Crippen molar-refractivity contribution in [3.05, 3.63) is 102 Å². The third-order valence-corrected chi connectivity index (χ3v) is 4.75. The second-order valence-electron chi connectivity index (χ2n) is 6.79. The van der Waals surface area contributed by atoms with E-state index in [4.69, 9.17) is 4.74 Å². The summed E-state index contributed by atoms with van der Waals surface area (Å²) in [6.45, 7) is 2.66. The molecule has 0 bridgehead atoms. The Morgan fingerprint density at radius 2 is 1.37 bits per heavy atom. The number of carbonyl (C=O) groups is 2. The predicted molar refractivity (Wildman–Crippen MR) is 118 cm³/mol. The van der Waals surface area contributed by atoms with Crippen molar-refractivity contribution >= 4 is 11.8 Å². The molecular weight excluding hydrogens is 376 g/mol. The molecule has 5 heteroatoms. The van der Waals surface area contributed by atoms with E-state index in [2.05, 4.69) is 34.9 Å². The molecule has 30 heavy (non-hydrogen) atoms. The fourth-order valence-electron chi connectivity index (χ4n) is 3.27. The maximum atomic E-state index is 12.5. The monoisotopic (exact) mass is 402 g/mol. The zero-order chi connectivity index (χ0) is 21.2. The molecule has 0 aliphatic carbocycles. The predicted octanol–water partition coefficient (Wildman–Crippen LogP) is 3.76. The zero-order valence-electron chi connectivity index (χ0n) is 17.0. The van der Waals surface area contributed by atoms with Gasteiger partial charge in [-0.3, -0.25) is 9.59 Å². The summed E-state index contributed by atoms with van der Waals surface area (Å²) in [4.78, 5) is 24.9. The Bertz CT molecular complexity index is 919. The largest absolute Gasteiger partial charge is 0.493 e. The van der Waals surface area contributed by atoms with Gasteiger partial charge in [0.15, 0.2) is 0 Å². The van der Waals surface area contributed by atoms with Gasteiger partial charge in [0, 0.05) is 12.5 Å². The van der Waals surface area contributed by atoms with Crippen LogP contribution in [0.25, 0.3) is 0 Å². The summed E-state index contributed by atoms with van der Waals surface area (Å²) in [5, 5.41) is 5.61. The molecule has 3 rings (SSSR count). The van der Waals surface area contributed by atoms with Crippen molar-refractivity contribution in [2.75, 3.05) is 19.7 Å². The van der Waals surface area contributed by atoms with E-state index in [-0.39, 0.29) is 24.3 Å². The van der Waals surface area contributed by atoms with E-state index >= 15 is 0 Å². The van der Waals surface area contributed by atoms with Gasteiger partial charge >= 0.3 is 0 Å². The molecule has 0 heterocycles. The Morgan fingerprint density at radius 1 is 0.800 bits per heavy atom. The molecule has 2 N–H and O–H groups in total. The van der Waals surface area contributed by atoms with Crippen LogP contribution in [0.5, 0.6) is 5.75 Å². The van der Waals surface area contributed by atoms with E-state index in [9.17, 15) is 9.59 Å². The van der Waals surface area contributed by atoms with Crippen LogP contribution in [0.3, 0.4) is 0 Å². The van der Waals surface area contributed by atoms with Crippen LogP contribution < -0.4 is 15.4 Å². The van der Waals surface area contributed by atoms with Crippen LogP contribution in [0.1, 0.15) is 34.3 Å². The third kappa shape index (κ3) is 5.70. The second-order valence-corrected chi connectivity index (χ2v) is 6.79. The van der Waals surface area contributed by atoms with E-state index < -0.39 is 0 Å². The lowest BCUT2D eigenvalue weighted by Gasteiger charge is -2.19. The van der Waals surface area contributed by atoms with Crippen molar-refractivity contribution in [2.24, 2.45) is 0 Å². The zero-order valence-corrected chi connectivity index (χ0v) is 17.0. The number of benzene rings is 3. The van der Waals surface area contributed by atoms with E-state index in [0.29, 0.717) is 24.5 Å². The van der Waals surface area contributed by atoms with Gasteiger partial charge in [-0.15, -0.1) is 0 Å². The van der Waals surface area contributed by atoms with Gasteiger partial charge in [-0.05, 0) is 30.2 Å². The highest BCUT2D eigenvalue weighted by Crippen LogP contribution is 2.23. The van der Waals surface area contributed by atoms with Crippen LogP contribution in [0.15, 0.2) is 84.9 Å². The summed E-state index contributed by atoms with van der Waals surface area (Å²) in [6, 6.07) is 27.1. The lowest BCUT2D eigenvalue weighted by Crippen LogP contribution is -2.38. The topological polar surface area (TPSA) is 67.4 Å². The van der Waals surface area contributed by atoms with Crippen LogP contribution in [-0.2, 0) is 4.79 Å². The summed E-state index contributed by atoms with van der Waals surface area (Å²) in [5.41, 5.74) is 2.66. The molecule has 0 aliphatic heterocycles. The highest BCUT2D eigenvalue weighted by Gasteiger charge is 2.16. The second kappa shape index (κ2) is 10.8. The summed E-state index contributed by atoms with van der Waals surface area (Å²) in [6.07, 6.45) is 0. The number of carbonyl (C=O) groups excluding carboxylic acids is 2. The normalized spacial score (nSPS) is 10.5. The minimum atomic E-state index is -0.336. The minimum absolute atomic E-state index is 0.0331. The fourth-order valence-corrected chi connectivity index (χ4v) is 3.27. The molecule has 3 aromatic carbocycles. The molecule has 0 saturated heterocycles. The molecule has 0 fully saturated rings. The summed E-state index contributed by atoms with van der Waals surface area (Å²) >= 11 is 0. The van der Waals surface area contributed by atoms with Gasteiger partial charge in [0.25, 0.3) is 5.91 Å². The van der Waals surface area contributed by atoms with Gasteiger partial charge in [-0.25, -0.2) is 0 Å². The van der Waals surface area contributed by atoms with Crippen molar-refractivity contribution in [1.82, 2.24) is 10.6 Å². The number of para-hydroxylation sites is 1. The molecule has 0 spiro atoms. The Morgan fingerprint density at radius 3 is 1.97 bits per heavy atom. The highest BCUT2D eigenvalue weighted by molar-refractivity contribution is 5.98. The lowest BCUT2D eigenvalue weighted by atomic mass is 9.91. The maximum Gasteiger partial charge on any atom is 0.255 e. The van der Waals surface area contributed by atoms with Gasteiger partial charge in [-0.1, -0.05) is 72.8 Å². The smallest absolute Gasteiger partial charge is 0.255 e. The number of hydrogen-bond donors (Lipinski definition) is 2. The van der Waals surface area contributed by atoms with E-state index in [0.717, 1.165) is 11.1 Å². The Hall–Kier alpha value is -3.60. The molecule has 0 aliphatic rings. The van der Waals surface area contributed by atoms with Gasteiger partial charge in [0.1, 0.15) is 5.75 Å². The Balaban J connectivity index is 1.59. The van der Waals surface area contributed by atoms with Crippen LogP contribution in [0.2, 0.25) is 0 Å².